The molecule has 33 heavy (non-hydrogen) atoms. The zero-order valence-corrected chi connectivity index (χ0v) is 18.3. The summed E-state index contributed by atoms with van der Waals surface area (Å²) < 4.78 is 48.5. The molecule has 8 nitrogen and oxygen atoms in total. The van der Waals surface area contributed by atoms with Crippen molar-refractivity contribution < 1.29 is 27.2 Å². The first-order valence-electron chi connectivity index (χ1n) is 9.70. The summed E-state index contributed by atoms with van der Waals surface area (Å²) in [6.45, 7) is 0.835. The number of benzene rings is 2. The first-order chi connectivity index (χ1) is 15.7. The van der Waals surface area contributed by atoms with Gasteiger partial charge in [0.15, 0.2) is 5.13 Å². The summed E-state index contributed by atoms with van der Waals surface area (Å²) in [5, 5.41) is 6.93. The minimum atomic E-state index is -4.73. The summed E-state index contributed by atoms with van der Waals surface area (Å²) in [5.41, 5.74) is 1.36. The molecule has 0 saturated heterocycles. The van der Waals surface area contributed by atoms with Gasteiger partial charge >= 0.3 is 12.1 Å². The van der Waals surface area contributed by atoms with Crippen LogP contribution in [-0.2, 0) is 6.18 Å². The molecule has 2 heterocycles. The fraction of sp³-hybridized carbons (Fsp3) is 0.238. The summed E-state index contributed by atoms with van der Waals surface area (Å²) in [4.78, 5) is 22.4. The van der Waals surface area contributed by atoms with E-state index in [1.165, 1.54) is 29.5 Å². The molecule has 0 radical (unpaired) electrons. The fourth-order valence-electron chi connectivity index (χ4n) is 2.97. The summed E-state index contributed by atoms with van der Waals surface area (Å²) in [7, 11) is 3.48. The van der Waals surface area contributed by atoms with E-state index in [1.807, 2.05) is 30.1 Å². The number of halogens is 3. The molecule has 1 N–H and O–H groups in total. The predicted octanol–water partition coefficient (Wildman–Crippen LogP) is 4.24. The standard InChI is InChI=1S/C21H18F3N5O3S/c1-29(20-26-15-7-6-14(31-2)11-16(15)33-20)9-8-25-18(30)13-5-3-4-12(10-13)17-27-19(32-28-17)21(22,23)24/h3-7,10-11H,8-9H2,1-2H3,(H,25,30). The van der Waals surface area contributed by atoms with Crippen molar-refractivity contribution in [3.05, 3.63) is 53.9 Å². The number of likely N-dealkylation sites (N-methyl/N-ethyl adjacent to an activating group) is 1. The van der Waals surface area contributed by atoms with Crippen LogP contribution in [0, 0.1) is 0 Å². The number of nitrogens with zero attached hydrogens (tertiary/aromatic N) is 4. The third-order valence-electron chi connectivity index (χ3n) is 4.70. The van der Waals surface area contributed by atoms with Gasteiger partial charge in [0.2, 0.25) is 5.82 Å². The molecule has 0 fully saturated rings. The van der Waals surface area contributed by atoms with Crippen LogP contribution in [0.3, 0.4) is 0 Å². The predicted molar refractivity (Wildman–Crippen MR) is 117 cm³/mol. The Kier molecular flexibility index (Phi) is 6.18. The topological polar surface area (TPSA) is 93.4 Å². The number of nitrogens with one attached hydrogen (secondary N) is 1. The maximum Gasteiger partial charge on any atom is 0.471 e. The number of rotatable bonds is 7. The molecule has 0 aliphatic carbocycles. The van der Waals surface area contributed by atoms with Crippen LogP contribution in [0.2, 0.25) is 0 Å². The highest BCUT2D eigenvalue weighted by atomic mass is 32.1. The lowest BCUT2D eigenvalue weighted by Crippen LogP contribution is -2.32. The molecule has 0 spiro atoms. The van der Waals surface area contributed by atoms with Gasteiger partial charge in [0, 0.05) is 31.3 Å². The maximum absolute atomic E-state index is 12.7. The number of amides is 1. The Bertz CT molecular complexity index is 1290. The van der Waals surface area contributed by atoms with E-state index < -0.39 is 12.1 Å². The molecule has 2 aromatic heterocycles. The molecule has 12 heteroatoms. The van der Waals surface area contributed by atoms with Crippen molar-refractivity contribution >= 4 is 32.6 Å². The van der Waals surface area contributed by atoms with Crippen molar-refractivity contribution in [3.8, 4) is 17.1 Å². The van der Waals surface area contributed by atoms with Gasteiger partial charge in [-0.1, -0.05) is 28.6 Å². The Morgan fingerprint density at radius 2 is 2.03 bits per heavy atom. The fourth-order valence-corrected chi connectivity index (χ4v) is 3.95. The van der Waals surface area contributed by atoms with Crippen molar-refractivity contribution in [2.75, 3.05) is 32.1 Å². The van der Waals surface area contributed by atoms with Crippen LogP contribution in [0.1, 0.15) is 16.2 Å². The first-order valence-corrected chi connectivity index (χ1v) is 10.5. The number of hydrogen-bond donors (Lipinski definition) is 1. The minimum absolute atomic E-state index is 0.240. The van der Waals surface area contributed by atoms with Crippen molar-refractivity contribution in [3.63, 3.8) is 0 Å². The third kappa shape index (κ3) is 5.06. The molecule has 2 aromatic carbocycles. The average molecular weight is 477 g/mol. The summed E-state index contributed by atoms with van der Waals surface area (Å²) in [6.07, 6.45) is -4.73. The number of hydrogen-bond acceptors (Lipinski definition) is 8. The van der Waals surface area contributed by atoms with Gasteiger partial charge in [-0.3, -0.25) is 4.79 Å². The van der Waals surface area contributed by atoms with E-state index >= 15 is 0 Å². The van der Waals surface area contributed by atoms with E-state index in [2.05, 4.69) is 25.0 Å². The Morgan fingerprint density at radius 1 is 1.21 bits per heavy atom. The van der Waals surface area contributed by atoms with Crippen LogP contribution in [0.25, 0.3) is 21.6 Å². The van der Waals surface area contributed by atoms with E-state index in [0.717, 1.165) is 21.1 Å². The van der Waals surface area contributed by atoms with Crippen LogP contribution >= 0.6 is 11.3 Å². The summed E-state index contributed by atoms with van der Waals surface area (Å²) in [5.74, 6) is -1.31. The molecule has 0 unspecified atom stereocenters. The molecule has 4 rings (SSSR count). The van der Waals surface area contributed by atoms with Gasteiger partial charge in [-0.25, -0.2) is 4.98 Å². The van der Waals surface area contributed by atoms with Crippen LogP contribution in [0.5, 0.6) is 5.75 Å². The molecule has 1 amide bonds. The molecular weight excluding hydrogens is 459 g/mol. The number of methoxy groups -OCH3 is 1. The van der Waals surface area contributed by atoms with Gasteiger partial charge in [0.25, 0.3) is 5.91 Å². The second kappa shape index (κ2) is 9.06. The number of carbonyl (C=O) groups excluding carboxylic acids is 1. The van der Waals surface area contributed by atoms with E-state index in [0.29, 0.717) is 13.1 Å². The van der Waals surface area contributed by atoms with Gasteiger partial charge < -0.3 is 19.5 Å². The number of alkyl halides is 3. The molecular formula is C21H18F3N5O3S. The molecule has 0 saturated carbocycles. The van der Waals surface area contributed by atoms with E-state index in [9.17, 15) is 18.0 Å². The second-order valence-electron chi connectivity index (χ2n) is 7.01. The number of anilines is 1. The third-order valence-corrected chi connectivity index (χ3v) is 5.83. The van der Waals surface area contributed by atoms with Crippen molar-refractivity contribution in [2.24, 2.45) is 0 Å². The van der Waals surface area contributed by atoms with Crippen molar-refractivity contribution in [2.45, 2.75) is 6.18 Å². The van der Waals surface area contributed by atoms with Gasteiger partial charge in [-0.15, -0.1) is 0 Å². The number of thiazole rings is 1. The van der Waals surface area contributed by atoms with Crippen LogP contribution in [0.15, 0.2) is 47.0 Å². The smallest absolute Gasteiger partial charge is 0.471 e. The highest BCUT2D eigenvalue weighted by molar-refractivity contribution is 7.22. The van der Waals surface area contributed by atoms with E-state index in [4.69, 9.17) is 4.74 Å². The zero-order chi connectivity index (χ0) is 23.6. The van der Waals surface area contributed by atoms with Crippen LogP contribution in [0.4, 0.5) is 18.3 Å². The largest absolute Gasteiger partial charge is 0.497 e. The molecule has 4 aromatic rings. The summed E-state index contributed by atoms with van der Waals surface area (Å²) >= 11 is 1.51. The lowest BCUT2D eigenvalue weighted by atomic mass is 10.1. The highest BCUT2D eigenvalue weighted by Crippen LogP contribution is 2.31. The van der Waals surface area contributed by atoms with E-state index in [1.54, 1.807) is 13.2 Å². The lowest BCUT2D eigenvalue weighted by Gasteiger charge is -2.15. The monoisotopic (exact) mass is 477 g/mol. The molecule has 0 atom stereocenters. The number of fused-ring (bicyclic) bond motifs is 1. The van der Waals surface area contributed by atoms with E-state index in [-0.39, 0.29) is 22.9 Å². The number of ether oxygens (including phenoxy) is 1. The molecule has 0 bridgehead atoms. The second-order valence-corrected chi connectivity index (χ2v) is 8.02. The molecule has 0 aliphatic heterocycles. The van der Waals surface area contributed by atoms with Crippen LogP contribution in [-0.4, -0.2) is 48.3 Å². The average Bonchev–Trinajstić information content (AvgIpc) is 3.46. The van der Waals surface area contributed by atoms with Gasteiger partial charge in [-0.2, -0.15) is 18.2 Å². The molecule has 172 valence electrons. The maximum atomic E-state index is 12.7. The van der Waals surface area contributed by atoms with Crippen LogP contribution < -0.4 is 15.0 Å². The van der Waals surface area contributed by atoms with Crippen molar-refractivity contribution in [1.29, 1.82) is 0 Å². The lowest BCUT2D eigenvalue weighted by molar-refractivity contribution is -0.159. The number of aromatic nitrogens is 3. The summed E-state index contributed by atoms with van der Waals surface area (Å²) in [6, 6.07) is 11.6. The Hall–Kier alpha value is -3.67. The van der Waals surface area contributed by atoms with Crippen molar-refractivity contribution in [1.82, 2.24) is 20.4 Å². The minimum Gasteiger partial charge on any atom is -0.497 e. The zero-order valence-electron chi connectivity index (χ0n) is 17.5. The number of carbonyl (C=O) groups is 1. The first kappa shape index (κ1) is 22.5. The highest BCUT2D eigenvalue weighted by Gasteiger charge is 2.38. The normalized spacial score (nSPS) is 11.5. The molecule has 0 aliphatic rings. The quantitative estimate of drug-likeness (QED) is 0.426. The van der Waals surface area contributed by atoms with Gasteiger partial charge in [0.1, 0.15) is 5.75 Å². The SMILES string of the molecule is COc1ccc2nc(N(C)CCNC(=O)c3cccc(-c4noc(C(F)(F)F)n4)c3)sc2c1. The van der Waals surface area contributed by atoms with Gasteiger partial charge in [0.05, 0.1) is 17.3 Å². The van der Waals surface area contributed by atoms with Gasteiger partial charge in [-0.05, 0) is 30.3 Å². The Balaban J connectivity index is 1.37. The Labute approximate surface area is 190 Å². The Morgan fingerprint density at radius 3 is 2.76 bits per heavy atom.